The lowest BCUT2D eigenvalue weighted by Gasteiger charge is -2.22. The van der Waals surface area contributed by atoms with E-state index in [2.05, 4.69) is 12.6 Å². The zero-order valence-electron chi connectivity index (χ0n) is 24.2. The van der Waals surface area contributed by atoms with Gasteiger partial charge in [-0.15, -0.1) is 0 Å². The number of rotatable bonds is 12. The van der Waals surface area contributed by atoms with Gasteiger partial charge >= 0.3 is 7.82 Å². The number of nitrogens with zero attached hydrogens (tertiary/aromatic N) is 4. The number of pyridine rings is 1. The van der Waals surface area contributed by atoms with Crippen molar-refractivity contribution in [2.45, 2.75) is 27.0 Å². The fourth-order valence-corrected chi connectivity index (χ4v) is 5.83. The minimum Gasteiger partial charge on any atom is -0.497 e. The highest BCUT2D eigenvalue weighted by molar-refractivity contribution is 7.48. The molecular weight excluding hydrogens is 555 g/mol. The lowest BCUT2D eigenvalue weighted by molar-refractivity contribution is -0.113. The fourth-order valence-electron chi connectivity index (χ4n) is 4.53. The van der Waals surface area contributed by atoms with Crippen LogP contribution in [0, 0.1) is 11.3 Å². The minimum atomic E-state index is -3.83. The van der Waals surface area contributed by atoms with Gasteiger partial charge in [0, 0.05) is 47.7 Å². The molecule has 1 unspecified atom stereocenters. The number of phosphoric acid groups is 1. The lowest BCUT2D eigenvalue weighted by Crippen LogP contribution is -2.23. The predicted octanol–water partition coefficient (Wildman–Crippen LogP) is 7.12. The first-order valence-electron chi connectivity index (χ1n) is 13.3. The average Bonchev–Trinajstić information content (AvgIpc) is 3.39. The highest BCUT2D eigenvalue weighted by Gasteiger charge is 2.30. The first kappa shape index (κ1) is 30.7. The van der Waals surface area contributed by atoms with E-state index in [1.807, 2.05) is 36.5 Å². The van der Waals surface area contributed by atoms with E-state index in [9.17, 15) is 14.6 Å². The number of benzene rings is 2. The van der Waals surface area contributed by atoms with Crippen molar-refractivity contribution in [3.63, 3.8) is 0 Å². The number of methoxy groups -OCH3 is 1. The Bertz CT molecular complexity index is 1700. The van der Waals surface area contributed by atoms with Gasteiger partial charge in [0.05, 0.1) is 32.0 Å². The van der Waals surface area contributed by atoms with E-state index in [1.54, 1.807) is 63.9 Å². The second kappa shape index (κ2) is 13.1. The molecule has 1 amide bonds. The Hall–Kier alpha value is -4.26. The summed E-state index contributed by atoms with van der Waals surface area (Å²) in [6.45, 7) is 9.04. The van der Waals surface area contributed by atoms with E-state index in [4.69, 9.17) is 23.3 Å². The van der Waals surface area contributed by atoms with Gasteiger partial charge in [-0.05, 0) is 68.3 Å². The second-order valence-electron chi connectivity index (χ2n) is 9.25. The van der Waals surface area contributed by atoms with Crippen LogP contribution < -0.4 is 9.64 Å². The molecule has 11 heteroatoms. The summed E-state index contributed by atoms with van der Waals surface area (Å²) in [6.07, 6.45) is 4.03. The number of carbonyl (C=O) groups excluding carboxylic acids is 1. The van der Waals surface area contributed by atoms with Crippen LogP contribution >= 0.6 is 7.82 Å². The molecule has 2 heterocycles. The number of fused-ring (bicyclic) bond motifs is 1. The Kier molecular flexibility index (Phi) is 9.61. The van der Waals surface area contributed by atoms with Crippen LogP contribution in [0.5, 0.6) is 5.75 Å². The number of likely N-dealkylation sites (N-methyl/N-ethyl adjacent to an activating group) is 1. The molecule has 0 aliphatic heterocycles. The molecule has 0 aliphatic rings. The van der Waals surface area contributed by atoms with E-state index < -0.39 is 14.1 Å². The molecule has 0 radical (unpaired) electrons. The molecule has 0 N–H and O–H groups in total. The summed E-state index contributed by atoms with van der Waals surface area (Å²) in [4.78, 5) is 18.6. The maximum Gasteiger partial charge on any atom is 0.476 e. The highest BCUT2D eigenvalue weighted by atomic mass is 31.2. The summed E-state index contributed by atoms with van der Waals surface area (Å²) < 4.78 is 37.0. The van der Waals surface area contributed by atoms with Crippen LogP contribution in [0.15, 0.2) is 73.6 Å². The van der Waals surface area contributed by atoms with E-state index in [-0.39, 0.29) is 19.1 Å². The third kappa shape index (κ3) is 6.46. The molecule has 10 nitrogen and oxygen atoms in total. The van der Waals surface area contributed by atoms with E-state index in [1.165, 1.54) is 11.0 Å². The van der Waals surface area contributed by atoms with Crippen LogP contribution in [0.25, 0.3) is 33.3 Å². The zero-order chi connectivity index (χ0) is 30.4. The molecule has 0 spiro atoms. The Morgan fingerprint density at radius 1 is 1.14 bits per heavy atom. The normalized spacial score (nSPS) is 12.1. The van der Waals surface area contributed by atoms with Crippen molar-refractivity contribution >= 4 is 30.5 Å². The maximum absolute atomic E-state index is 13.2. The highest BCUT2D eigenvalue weighted by Crippen LogP contribution is 2.52. The predicted molar refractivity (Wildman–Crippen MR) is 162 cm³/mol. The average molecular weight is 589 g/mol. The summed E-state index contributed by atoms with van der Waals surface area (Å²) in [7, 11) is -0.610. The third-order valence-corrected chi connectivity index (χ3v) is 8.29. The molecule has 1 atom stereocenters. The largest absolute Gasteiger partial charge is 0.497 e. The molecule has 0 bridgehead atoms. The van der Waals surface area contributed by atoms with Crippen LogP contribution in [-0.4, -0.2) is 42.8 Å². The molecule has 2 aromatic heterocycles. The number of nitriles is 1. The van der Waals surface area contributed by atoms with Gasteiger partial charge in [0.15, 0.2) is 0 Å². The first-order valence-corrected chi connectivity index (χ1v) is 14.8. The monoisotopic (exact) mass is 588 g/mol. The number of hydrogen-bond donors (Lipinski definition) is 0. The molecule has 0 saturated heterocycles. The quantitative estimate of drug-likeness (QED) is 0.127. The molecular formula is C31H33N4O6P. The molecule has 218 valence electrons. The van der Waals surface area contributed by atoms with Gasteiger partial charge in [-0.3, -0.25) is 18.4 Å². The molecule has 4 aromatic rings. The smallest absolute Gasteiger partial charge is 0.476 e. The lowest BCUT2D eigenvalue weighted by atomic mass is 10.0. The van der Waals surface area contributed by atoms with Crippen molar-refractivity contribution in [3.05, 3.63) is 79.1 Å². The SMILES string of the molecule is C=CC(=O)N(C)c1cc(OC)cc(-c2cnc3c(c2)c(-c2cccc(C#N)c2)cn3C(C)OP(=O)(OCC)OCC)c1. The number of aromatic nitrogens is 2. The van der Waals surface area contributed by atoms with Crippen molar-refractivity contribution in [1.82, 2.24) is 9.55 Å². The van der Waals surface area contributed by atoms with Crippen LogP contribution in [-0.2, 0) is 22.9 Å². The number of phosphoric ester groups is 1. The van der Waals surface area contributed by atoms with Gasteiger partial charge < -0.3 is 14.2 Å². The molecule has 0 fully saturated rings. The van der Waals surface area contributed by atoms with Crippen molar-refractivity contribution in [2.75, 3.05) is 32.3 Å². The third-order valence-electron chi connectivity index (χ3n) is 6.57. The Balaban J connectivity index is 1.90. The van der Waals surface area contributed by atoms with Crippen LogP contribution in [0.4, 0.5) is 5.69 Å². The topological polar surface area (TPSA) is 116 Å². The molecule has 2 aromatic carbocycles. The van der Waals surface area contributed by atoms with Crippen molar-refractivity contribution in [2.24, 2.45) is 0 Å². The molecule has 0 aliphatic carbocycles. The number of anilines is 1. The van der Waals surface area contributed by atoms with E-state index in [0.29, 0.717) is 22.6 Å². The summed E-state index contributed by atoms with van der Waals surface area (Å²) in [5, 5.41) is 10.3. The van der Waals surface area contributed by atoms with Gasteiger partial charge in [-0.25, -0.2) is 9.55 Å². The van der Waals surface area contributed by atoms with E-state index in [0.717, 1.165) is 27.6 Å². The number of amides is 1. The van der Waals surface area contributed by atoms with Gasteiger partial charge in [0.25, 0.3) is 0 Å². The van der Waals surface area contributed by atoms with Gasteiger partial charge in [-0.1, -0.05) is 18.7 Å². The summed E-state index contributed by atoms with van der Waals surface area (Å²) >= 11 is 0. The van der Waals surface area contributed by atoms with Gasteiger partial charge in [0.2, 0.25) is 5.91 Å². The summed E-state index contributed by atoms with van der Waals surface area (Å²) in [5.41, 5.74) is 4.81. The van der Waals surface area contributed by atoms with Gasteiger partial charge in [0.1, 0.15) is 17.6 Å². The van der Waals surface area contributed by atoms with Crippen molar-refractivity contribution in [1.29, 1.82) is 5.26 Å². The second-order valence-corrected chi connectivity index (χ2v) is 10.9. The van der Waals surface area contributed by atoms with Gasteiger partial charge in [-0.2, -0.15) is 5.26 Å². The standard InChI is InChI=1S/C31H33N4O6P/c1-7-30(36)34(5)26-14-24(15-27(17-26)38-6)25-16-28-29(23-12-10-11-22(13-23)18-32)20-35(31(28)33-19-25)21(4)41-42(37,39-8-2)40-9-3/h7,10-17,19-21H,1,8-9H2,2-6H3. The van der Waals surface area contributed by atoms with Crippen LogP contribution in [0.3, 0.4) is 0 Å². The molecule has 4 rings (SSSR count). The first-order chi connectivity index (χ1) is 20.2. The number of hydrogen-bond acceptors (Lipinski definition) is 8. The maximum atomic E-state index is 13.2. The van der Waals surface area contributed by atoms with Crippen LogP contribution in [0.1, 0.15) is 32.6 Å². The summed E-state index contributed by atoms with van der Waals surface area (Å²) in [6, 6.07) is 16.9. The summed E-state index contributed by atoms with van der Waals surface area (Å²) in [5.74, 6) is 0.306. The molecule has 0 saturated carbocycles. The Morgan fingerprint density at radius 2 is 1.88 bits per heavy atom. The zero-order valence-corrected chi connectivity index (χ0v) is 25.1. The Morgan fingerprint density at radius 3 is 2.52 bits per heavy atom. The Labute approximate surface area is 245 Å². The fraction of sp³-hybridized carbons (Fsp3) is 0.258. The number of ether oxygens (including phenoxy) is 1. The van der Waals surface area contributed by atoms with Crippen LogP contribution in [0.2, 0.25) is 0 Å². The number of carbonyl (C=O) groups is 1. The minimum absolute atomic E-state index is 0.153. The van der Waals surface area contributed by atoms with E-state index >= 15 is 0 Å². The molecule has 42 heavy (non-hydrogen) atoms. The van der Waals surface area contributed by atoms with Crippen molar-refractivity contribution in [3.8, 4) is 34.1 Å². The van der Waals surface area contributed by atoms with Crippen molar-refractivity contribution < 1.29 is 27.7 Å².